The van der Waals surface area contributed by atoms with Gasteiger partial charge in [0.15, 0.2) is 0 Å². The van der Waals surface area contributed by atoms with E-state index in [1.165, 1.54) is 38.5 Å². The summed E-state index contributed by atoms with van der Waals surface area (Å²) in [5.74, 6) is 0.274. The van der Waals surface area contributed by atoms with E-state index in [0.29, 0.717) is 6.04 Å². The van der Waals surface area contributed by atoms with Crippen molar-refractivity contribution in [2.24, 2.45) is 0 Å². The highest BCUT2D eigenvalue weighted by Gasteiger charge is 2.34. The quantitative estimate of drug-likeness (QED) is 0.804. The van der Waals surface area contributed by atoms with Gasteiger partial charge < -0.3 is 10.6 Å². The molecule has 3 aliphatic rings. The summed E-state index contributed by atoms with van der Waals surface area (Å²) in [7, 11) is 0. The van der Waals surface area contributed by atoms with Crippen LogP contribution in [-0.4, -0.2) is 48.6 Å². The predicted octanol–water partition coefficient (Wildman–Crippen LogP) is 1.26. The molecule has 0 bridgehead atoms. The fourth-order valence-corrected chi connectivity index (χ4v) is 3.48. The molecule has 4 heteroatoms. The van der Waals surface area contributed by atoms with Crippen LogP contribution >= 0.6 is 0 Å². The highest BCUT2D eigenvalue weighted by atomic mass is 16.2. The Kier molecular flexibility index (Phi) is 4.38. The fraction of sp³-hybridized carbons (Fsp3) is 0.933. The lowest BCUT2D eigenvalue weighted by Gasteiger charge is -2.40. The van der Waals surface area contributed by atoms with Crippen LogP contribution in [-0.2, 0) is 4.79 Å². The monoisotopic (exact) mass is 265 g/mol. The number of amides is 1. The Morgan fingerprint density at radius 3 is 2.79 bits per heavy atom. The number of carbonyl (C=O) groups excluding carboxylic acids is 1. The predicted molar refractivity (Wildman–Crippen MR) is 76.0 cm³/mol. The van der Waals surface area contributed by atoms with Gasteiger partial charge in [-0.15, -0.1) is 0 Å². The molecule has 2 unspecified atom stereocenters. The van der Waals surface area contributed by atoms with Crippen LogP contribution in [0.15, 0.2) is 0 Å². The van der Waals surface area contributed by atoms with Gasteiger partial charge in [0.05, 0.1) is 6.04 Å². The SMILES string of the molecule is O=C1NCCCCC1N1CCCCC1CNC1CC1. The largest absolute Gasteiger partial charge is 0.355 e. The maximum atomic E-state index is 12.2. The standard InChI is InChI=1S/C15H27N3O/c19-15-14(6-1-3-9-16-15)18-10-4-2-5-13(18)11-17-12-7-8-12/h12-14,17H,1-11H2,(H,16,19). The molecule has 0 aromatic rings. The number of piperidine rings is 1. The summed E-state index contributed by atoms with van der Waals surface area (Å²) in [5.41, 5.74) is 0. The van der Waals surface area contributed by atoms with Gasteiger partial charge in [0.25, 0.3) is 0 Å². The summed E-state index contributed by atoms with van der Waals surface area (Å²) in [6, 6.07) is 1.48. The third-order valence-electron chi connectivity index (χ3n) is 4.80. The van der Waals surface area contributed by atoms with Gasteiger partial charge in [-0.3, -0.25) is 9.69 Å². The molecule has 2 N–H and O–H groups in total. The van der Waals surface area contributed by atoms with Crippen LogP contribution in [0.3, 0.4) is 0 Å². The summed E-state index contributed by atoms with van der Waals surface area (Å²) in [5, 5.41) is 6.74. The van der Waals surface area contributed by atoms with E-state index in [1.54, 1.807) is 0 Å². The molecule has 2 aliphatic heterocycles. The van der Waals surface area contributed by atoms with E-state index in [2.05, 4.69) is 15.5 Å². The minimum absolute atomic E-state index is 0.133. The maximum Gasteiger partial charge on any atom is 0.237 e. The lowest BCUT2D eigenvalue weighted by atomic mass is 9.97. The molecular formula is C15H27N3O. The van der Waals surface area contributed by atoms with Crippen molar-refractivity contribution < 1.29 is 4.79 Å². The second kappa shape index (κ2) is 6.23. The number of nitrogens with one attached hydrogen (secondary N) is 2. The summed E-state index contributed by atoms with van der Waals surface area (Å²) >= 11 is 0. The summed E-state index contributed by atoms with van der Waals surface area (Å²) in [4.78, 5) is 14.7. The Morgan fingerprint density at radius 1 is 1.11 bits per heavy atom. The molecule has 2 atom stereocenters. The zero-order valence-corrected chi connectivity index (χ0v) is 11.9. The molecule has 0 aromatic carbocycles. The molecule has 2 heterocycles. The first kappa shape index (κ1) is 13.4. The normalized spacial score (nSPS) is 33.8. The van der Waals surface area contributed by atoms with Crippen LogP contribution in [0.1, 0.15) is 51.4 Å². The summed E-state index contributed by atoms with van der Waals surface area (Å²) in [6.45, 7) is 3.05. The number of likely N-dealkylation sites (tertiary alicyclic amines) is 1. The Hall–Kier alpha value is -0.610. The maximum absolute atomic E-state index is 12.2. The molecular weight excluding hydrogens is 238 g/mol. The molecule has 0 aromatic heterocycles. The fourth-order valence-electron chi connectivity index (χ4n) is 3.48. The zero-order chi connectivity index (χ0) is 13.1. The molecule has 3 fully saturated rings. The number of hydrogen-bond donors (Lipinski definition) is 2. The van der Waals surface area contributed by atoms with E-state index in [4.69, 9.17) is 0 Å². The van der Waals surface area contributed by atoms with Crippen LogP contribution in [0.25, 0.3) is 0 Å². The average Bonchev–Trinajstić information content (AvgIpc) is 3.25. The van der Waals surface area contributed by atoms with Crippen LogP contribution in [0.2, 0.25) is 0 Å². The molecule has 3 rings (SSSR count). The van der Waals surface area contributed by atoms with E-state index in [1.807, 2.05) is 0 Å². The zero-order valence-electron chi connectivity index (χ0n) is 11.9. The van der Waals surface area contributed by atoms with E-state index < -0.39 is 0 Å². The smallest absolute Gasteiger partial charge is 0.237 e. The Bertz CT molecular complexity index is 317. The number of rotatable bonds is 4. The van der Waals surface area contributed by atoms with Crippen molar-refractivity contribution in [2.75, 3.05) is 19.6 Å². The van der Waals surface area contributed by atoms with Crippen molar-refractivity contribution >= 4 is 5.91 Å². The minimum Gasteiger partial charge on any atom is -0.355 e. The van der Waals surface area contributed by atoms with Gasteiger partial charge in [0, 0.05) is 25.2 Å². The lowest BCUT2D eigenvalue weighted by molar-refractivity contribution is -0.127. The van der Waals surface area contributed by atoms with E-state index in [0.717, 1.165) is 38.5 Å². The van der Waals surface area contributed by atoms with Gasteiger partial charge in [-0.1, -0.05) is 6.42 Å². The van der Waals surface area contributed by atoms with Crippen molar-refractivity contribution in [1.29, 1.82) is 0 Å². The number of hydrogen-bond acceptors (Lipinski definition) is 3. The van der Waals surface area contributed by atoms with Crippen molar-refractivity contribution in [3.63, 3.8) is 0 Å². The van der Waals surface area contributed by atoms with Crippen LogP contribution in [0.4, 0.5) is 0 Å². The highest BCUT2D eigenvalue weighted by molar-refractivity contribution is 5.82. The third kappa shape index (κ3) is 3.48. The Labute approximate surface area is 116 Å². The molecule has 0 radical (unpaired) electrons. The van der Waals surface area contributed by atoms with Crippen molar-refractivity contribution in [3.05, 3.63) is 0 Å². The van der Waals surface area contributed by atoms with E-state index >= 15 is 0 Å². The highest BCUT2D eigenvalue weighted by Crippen LogP contribution is 2.25. The lowest BCUT2D eigenvalue weighted by Crippen LogP contribution is -2.55. The van der Waals surface area contributed by atoms with Crippen LogP contribution < -0.4 is 10.6 Å². The van der Waals surface area contributed by atoms with Crippen molar-refractivity contribution in [1.82, 2.24) is 15.5 Å². The van der Waals surface area contributed by atoms with Crippen LogP contribution in [0.5, 0.6) is 0 Å². The van der Waals surface area contributed by atoms with Gasteiger partial charge in [-0.25, -0.2) is 0 Å². The van der Waals surface area contributed by atoms with Gasteiger partial charge >= 0.3 is 0 Å². The second-order valence-electron chi connectivity index (χ2n) is 6.37. The Balaban J connectivity index is 1.61. The van der Waals surface area contributed by atoms with E-state index in [-0.39, 0.29) is 11.9 Å². The topological polar surface area (TPSA) is 44.4 Å². The van der Waals surface area contributed by atoms with E-state index in [9.17, 15) is 4.79 Å². The Morgan fingerprint density at radius 2 is 1.95 bits per heavy atom. The first-order valence-corrected chi connectivity index (χ1v) is 8.11. The van der Waals surface area contributed by atoms with Gasteiger partial charge in [-0.05, 0) is 51.5 Å². The molecule has 2 saturated heterocycles. The number of carbonyl (C=O) groups is 1. The average molecular weight is 265 g/mol. The molecule has 1 amide bonds. The van der Waals surface area contributed by atoms with Gasteiger partial charge in [-0.2, -0.15) is 0 Å². The summed E-state index contributed by atoms with van der Waals surface area (Å²) < 4.78 is 0. The second-order valence-corrected chi connectivity index (χ2v) is 6.37. The van der Waals surface area contributed by atoms with Crippen LogP contribution in [0, 0.1) is 0 Å². The summed E-state index contributed by atoms with van der Waals surface area (Å²) in [6.07, 6.45) is 9.89. The molecule has 108 valence electrons. The first-order valence-electron chi connectivity index (χ1n) is 8.11. The first-order chi connectivity index (χ1) is 9.34. The molecule has 0 spiro atoms. The van der Waals surface area contributed by atoms with Crippen molar-refractivity contribution in [3.8, 4) is 0 Å². The molecule has 4 nitrogen and oxygen atoms in total. The van der Waals surface area contributed by atoms with Gasteiger partial charge in [0.2, 0.25) is 5.91 Å². The number of nitrogens with zero attached hydrogens (tertiary/aromatic N) is 1. The third-order valence-corrected chi connectivity index (χ3v) is 4.80. The molecule has 1 aliphatic carbocycles. The molecule has 1 saturated carbocycles. The minimum atomic E-state index is 0.133. The van der Waals surface area contributed by atoms with Gasteiger partial charge in [0.1, 0.15) is 0 Å². The molecule has 19 heavy (non-hydrogen) atoms. The van der Waals surface area contributed by atoms with Crippen molar-refractivity contribution in [2.45, 2.75) is 69.5 Å².